The lowest BCUT2D eigenvalue weighted by molar-refractivity contribution is -0.143. The van der Waals surface area contributed by atoms with Gasteiger partial charge < -0.3 is 14.4 Å². The van der Waals surface area contributed by atoms with Crippen LogP contribution in [-0.4, -0.2) is 49.7 Å². The summed E-state index contributed by atoms with van der Waals surface area (Å²) in [7, 11) is 1.39. The first-order chi connectivity index (χ1) is 11.3. The molecule has 0 radical (unpaired) electrons. The minimum absolute atomic E-state index is 0.00731. The number of nitrogens with zero attached hydrogens (tertiary/aromatic N) is 1. The highest BCUT2D eigenvalue weighted by molar-refractivity contribution is 5.84. The number of hydrogen-bond acceptors (Lipinski definition) is 4. The Hall–Kier alpha value is -1.36. The Morgan fingerprint density at radius 2 is 1.88 bits per heavy atom. The molecule has 0 aromatic heterocycles. The van der Waals surface area contributed by atoms with E-state index in [-0.39, 0.29) is 41.6 Å². The van der Waals surface area contributed by atoms with Crippen LogP contribution in [0, 0.1) is 17.3 Å². The molecule has 0 aromatic rings. The highest BCUT2D eigenvalue weighted by atomic mass is 16.5. The maximum absolute atomic E-state index is 13.2. The van der Waals surface area contributed by atoms with Crippen molar-refractivity contribution < 1.29 is 19.1 Å². The zero-order valence-corrected chi connectivity index (χ0v) is 15.6. The van der Waals surface area contributed by atoms with Crippen molar-refractivity contribution in [2.45, 2.75) is 53.0 Å². The summed E-state index contributed by atoms with van der Waals surface area (Å²) < 4.78 is 10.2. The van der Waals surface area contributed by atoms with Gasteiger partial charge in [-0.25, -0.2) is 0 Å². The molecule has 0 bridgehead atoms. The number of rotatable bonds is 6. The van der Waals surface area contributed by atoms with Gasteiger partial charge in [0.2, 0.25) is 5.91 Å². The molecule has 2 rings (SSSR count). The first kappa shape index (κ1) is 19.0. The molecule has 2 atom stereocenters. The molecule has 1 amide bonds. The van der Waals surface area contributed by atoms with Crippen molar-refractivity contribution >= 4 is 11.9 Å². The Balaban J connectivity index is 2.12. The van der Waals surface area contributed by atoms with Gasteiger partial charge in [0.1, 0.15) is 0 Å². The lowest BCUT2D eigenvalue weighted by atomic mass is 10.0. The van der Waals surface area contributed by atoms with Gasteiger partial charge in [-0.05, 0) is 38.0 Å². The van der Waals surface area contributed by atoms with E-state index in [4.69, 9.17) is 9.47 Å². The lowest BCUT2D eigenvalue weighted by Crippen LogP contribution is -2.45. The van der Waals surface area contributed by atoms with Gasteiger partial charge in [-0.1, -0.05) is 25.5 Å². The van der Waals surface area contributed by atoms with Crippen molar-refractivity contribution in [3.8, 4) is 0 Å². The third-order valence-electron chi connectivity index (χ3n) is 5.39. The van der Waals surface area contributed by atoms with Crippen molar-refractivity contribution in [3.63, 3.8) is 0 Å². The molecular formula is C19H31NO4. The lowest BCUT2D eigenvalue weighted by Gasteiger charge is -2.34. The van der Waals surface area contributed by atoms with Crippen molar-refractivity contribution in [1.82, 2.24) is 4.90 Å². The Labute approximate surface area is 145 Å². The second kappa shape index (κ2) is 7.68. The van der Waals surface area contributed by atoms with Gasteiger partial charge in [-0.2, -0.15) is 0 Å². The van der Waals surface area contributed by atoms with E-state index in [0.717, 1.165) is 12.8 Å². The molecule has 5 nitrogen and oxygen atoms in total. The monoisotopic (exact) mass is 337 g/mol. The average molecular weight is 337 g/mol. The molecule has 5 heteroatoms. The summed E-state index contributed by atoms with van der Waals surface area (Å²) in [5.74, 6) is 0.206. The third-order valence-corrected chi connectivity index (χ3v) is 5.39. The van der Waals surface area contributed by atoms with E-state index < -0.39 is 0 Å². The van der Waals surface area contributed by atoms with Crippen LogP contribution in [0.1, 0.15) is 47.0 Å². The molecule has 136 valence electrons. The van der Waals surface area contributed by atoms with E-state index in [1.54, 1.807) is 0 Å². The molecule has 0 aromatic carbocycles. The van der Waals surface area contributed by atoms with Crippen LogP contribution in [0.15, 0.2) is 11.6 Å². The Morgan fingerprint density at radius 3 is 2.42 bits per heavy atom. The number of amides is 1. The fourth-order valence-corrected chi connectivity index (χ4v) is 3.78. The molecule has 1 saturated heterocycles. The van der Waals surface area contributed by atoms with Crippen LogP contribution in [-0.2, 0) is 19.1 Å². The van der Waals surface area contributed by atoms with E-state index in [1.807, 2.05) is 4.90 Å². The SMILES string of the molecule is COC(=O)CCN(C(=O)C1C(C=C(C)C)C1(C)C)C1CCOCC1. The average Bonchev–Trinajstić information content (AvgIpc) is 3.07. The minimum Gasteiger partial charge on any atom is -0.469 e. The van der Waals surface area contributed by atoms with E-state index in [9.17, 15) is 9.59 Å². The van der Waals surface area contributed by atoms with Gasteiger partial charge in [0.25, 0.3) is 0 Å². The fraction of sp³-hybridized carbons (Fsp3) is 0.789. The number of allylic oxidation sites excluding steroid dienone is 2. The molecule has 0 N–H and O–H groups in total. The number of esters is 1. The van der Waals surface area contributed by atoms with Crippen LogP contribution >= 0.6 is 0 Å². The summed E-state index contributed by atoms with van der Waals surface area (Å²) in [4.78, 5) is 26.7. The molecule has 24 heavy (non-hydrogen) atoms. The molecule has 2 fully saturated rings. The second-order valence-electron chi connectivity index (χ2n) is 7.77. The summed E-state index contributed by atoms with van der Waals surface area (Å²) in [6.07, 6.45) is 4.14. The maximum Gasteiger partial charge on any atom is 0.307 e. The van der Waals surface area contributed by atoms with E-state index in [0.29, 0.717) is 19.8 Å². The molecule has 1 aliphatic heterocycles. The van der Waals surface area contributed by atoms with Gasteiger partial charge in [0.05, 0.1) is 19.4 Å². The van der Waals surface area contributed by atoms with Crippen molar-refractivity contribution in [2.24, 2.45) is 17.3 Å². The molecule has 2 aliphatic rings. The first-order valence-corrected chi connectivity index (χ1v) is 8.89. The number of ether oxygens (including phenoxy) is 2. The molecule has 1 saturated carbocycles. The third kappa shape index (κ3) is 4.18. The summed E-state index contributed by atoms with van der Waals surface area (Å²) in [6.45, 7) is 10.2. The fourth-order valence-electron chi connectivity index (χ4n) is 3.78. The van der Waals surface area contributed by atoms with E-state index in [2.05, 4.69) is 33.8 Å². The topological polar surface area (TPSA) is 55.8 Å². The molecule has 1 aliphatic carbocycles. The van der Waals surface area contributed by atoms with E-state index >= 15 is 0 Å². The van der Waals surface area contributed by atoms with Crippen molar-refractivity contribution in [3.05, 3.63) is 11.6 Å². The zero-order valence-electron chi connectivity index (χ0n) is 15.6. The van der Waals surface area contributed by atoms with Gasteiger partial charge in [0.15, 0.2) is 0 Å². The predicted octanol–water partition coefficient (Wildman–Crippen LogP) is 2.80. The summed E-state index contributed by atoms with van der Waals surface area (Å²) in [5.41, 5.74) is 1.24. The highest BCUT2D eigenvalue weighted by Crippen LogP contribution is 2.60. The maximum atomic E-state index is 13.2. The minimum atomic E-state index is -0.268. The molecule has 1 heterocycles. The van der Waals surface area contributed by atoms with Crippen LogP contribution in [0.4, 0.5) is 0 Å². The number of carbonyl (C=O) groups is 2. The van der Waals surface area contributed by atoms with E-state index in [1.165, 1.54) is 12.7 Å². The van der Waals surface area contributed by atoms with Gasteiger partial charge in [-0.3, -0.25) is 9.59 Å². The highest BCUT2D eigenvalue weighted by Gasteiger charge is 2.61. The van der Waals surface area contributed by atoms with Gasteiger partial charge >= 0.3 is 5.97 Å². The van der Waals surface area contributed by atoms with Gasteiger partial charge in [0, 0.05) is 25.8 Å². The zero-order chi connectivity index (χ0) is 17.9. The summed E-state index contributed by atoms with van der Waals surface area (Å²) >= 11 is 0. The smallest absolute Gasteiger partial charge is 0.307 e. The van der Waals surface area contributed by atoms with Crippen molar-refractivity contribution in [2.75, 3.05) is 26.9 Å². The largest absolute Gasteiger partial charge is 0.469 e. The Morgan fingerprint density at radius 1 is 1.25 bits per heavy atom. The van der Waals surface area contributed by atoms with Crippen molar-refractivity contribution in [1.29, 1.82) is 0 Å². The van der Waals surface area contributed by atoms with Crippen LogP contribution < -0.4 is 0 Å². The number of methoxy groups -OCH3 is 1. The second-order valence-corrected chi connectivity index (χ2v) is 7.77. The molecule has 2 unspecified atom stereocenters. The summed E-state index contributed by atoms with van der Waals surface area (Å²) in [6, 6.07) is 0.166. The molecule has 0 spiro atoms. The van der Waals surface area contributed by atoms with Gasteiger partial charge in [-0.15, -0.1) is 0 Å². The van der Waals surface area contributed by atoms with Crippen LogP contribution in [0.25, 0.3) is 0 Å². The summed E-state index contributed by atoms with van der Waals surface area (Å²) in [5, 5.41) is 0. The Bertz CT molecular complexity index is 501. The quantitative estimate of drug-likeness (QED) is 0.552. The predicted molar refractivity (Wildman–Crippen MR) is 92.4 cm³/mol. The van der Waals surface area contributed by atoms with Crippen LogP contribution in [0.3, 0.4) is 0 Å². The first-order valence-electron chi connectivity index (χ1n) is 8.89. The Kier molecular flexibility index (Phi) is 6.07. The number of hydrogen-bond donors (Lipinski definition) is 0. The molecular weight excluding hydrogens is 306 g/mol. The van der Waals surface area contributed by atoms with Crippen LogP contribution in [0.5, 0.6) is 0 Å². The number of carbonyl (C=O) groups excluding carboxylic acids is 2. The standard InChI is InChI=1S/C19H31NO4/c1-13(2)12-15-17(19(15,3)4)18(22)20(9-6-16(21)23-5)14-7-10-24-11-8-14/h12,14-15,17H,6-11H2,1-5H3. The van der Waals surface area contributed by atoms with Crippen LogP contribution in [0.2, 0.25) is 0 Å². The normalized spacial score (nSPS) is 25.7.